The van der Waals surface area contributed by atoms with Crippen LogP contribution >= 0.6 is 0 Å². The van der Waals surface area contributed by atoms with Gasteiger partial charge in [0.15, 0.2) is 5.96 Å². The van der Waals surface area contributed by atoms with Crippen molar-refractivity contribution in [2.45, 2.75) is 20.0 Å². The van der Waals surface area contributed by atoms with Gasteiger partial charge in [-0.05, 0) is 12.5 Å². The van der Waals surface area contributed by atoms with Gasteiger partial charge in [-0.15, -0.1) is 0 Å². The predicted octanol–water partition coefficient (Wildman–Crippen LogP) is 1.32. The highest BCUT2D eigenvalue weighted by atomic mass is 16.5. The zero-order chi connectivity index (χ0) is 18.7. The Kier molecular flexibility index (Phi) is 7.68. The number of nitrogens with one attached hydrogen (secondary N) is 2. The molecule has 0 bridgehead atoms. The van der Waals surface area contributed by atoms with Gasteiger partial charge in [0.25, 0.3) is 0 Å². The Balaban J connectivity index is 1.52. The maximum absolute atomic E-state index is 5.39. The summed E-state index contributed by atoms with van der Waals surface area (Å²) in [6.45, 7) is 9.81. The van der Waals surface area contributed by atoms with Crippen molar-refractivity contribution in [1.82, 2.24) is 25.1 Å². The molecule has 0 atom stereocenters. The highest BCUT2D eigenvalue weighted by molar-refractivity contribution is 5.79. The SMILES string of the molecule is CCNC(=NCc1nccn1Cc1ccccc1)NCCN1CCOCC1. The highest BCUT2D eigenvalue weighted by Crippen LogP contribution is 2.06. The van der Waals surface area contributed by atoms with Gasteiger partial charge in [-0.1, -0.05) is 30.3 Å². The van der Waals surface area contributed by atoms with E-state index in [0.717, 1.165) is 64.3 Å². The quantitative estimate of drug-likeness (QED) is 0.542. The van der Waals surface area contributed by atoms with Crippen LogP contribution in [0.3, 0.4) is 0 Å². The molecular formula is C20H30N6O. The van der Waals surface area contributed by atoms with Crippen molar-refractivity contribution in [3.8, 4) is 0 Å². The van der Waals surface area contributed by atoms with Gasteiger partial charge in [-0.25, -0.2) is 9.98 Å². The number of morpholine rings is 1. The van der Waals surface area contributed by atoms with E-state index >= 15 is 0 Å². The van der Waals surface area contributed by atoms with E-state index in [4.69, 9.17) is 9.73 Å². The molecule has 1 saturated heterocycles. The van der Waals surface area contributed by atoms with Crippen molar-refractivity contribution in [3.05, 3.63) is 54.1 Å². The molecular weight excluding hydrogens is 340 g/mol. The van der Waals surface area contributed by atoms with Crippen LogP contribution in [-0.2, 0) is 17.8 Å². The molecule has 7 nitrogen and oxygen atoms in total. The Bertz CT molecular complexity index is 694. The van der Waals surface area contributed by atoms with Gasteiger partial charge in [-0.2, -0.15) is 0 Å². The van der Waals surface area contributed by atoms with Crippen molar-refractivity contribution >= 4 is 5.96 Å². The molecule has 27 heavy (non-hydrogen) atoms. The van der Waals surface area contributed by atoms with Gasteiger partial charge in [0.2, 0.25) is 0 Å². The Morgan fingerprint density at radius 3 is 2.78 bits per heavy atom. The number of rotatable bonds is 8. The largest absolute Gasteiger partial charge is 0.379 e. The van der Waals surface area contributed by atoms with Crippen LogP contribution in [0.25, 0.3) is 0 Å². The van der Waals surface area contributed by atoms with Gasteiger partial charge < -0.3 is 19.9 Å². The van der Waals surface area contributed by atoms with Crippen LogP contribution in [0.15, 0.2) is 47.7 Å². The molecule has 1 fully saturated rings. The molecule has 0 saturated carbocycles. The van der Waals surface area contributed by atoms with E-state index in [1.165, 1.54) is 5.56 Å². The molecule has 2 heterocycles. The minimum absolute atomic E-state index is 0.548. The third-order valence-corrected chi connectivity index (χ3v) is 4.54. The fourth-order valence-electron chi connectivity index (χ4n) is 3.06. The van der Waals surface area contributed by atoms with Crippen molar-refractivity contribution in [3.63, 3.8) is 0 Å². The molecule has 2 N–H and O–H groups in total. The van der Waals surface area contributed by atoms with Crippen LogP contribution in [0, 0.1) is 0 Å². The Labute approximate surface area is 161 Å². The van der Waals surface area contributed by atoms with Crippen LogP contribution in [0.1, 0.15) is 18.3 Å². The van der Waals surface area contributed by atoms with Crippen LogP contribution in [0.2, 0.25) is 0 Å². The van der Waals surface area contributed by atoms with E-state index in [-0.39, 0.29) is 0 Å². The lowest BCUT2D eigenvalue weighted by atomic mass is 10.2. The highest BCUT2D eigenvalue weighted by Gasteiger charge is 2.10. The molecule has 0 aliphatic carbocycles. The second kappa shape index (κ2) is 10.7. The molecule has 0 amide bonds. The fraction of sp³-hybridized carbons (Fsp3) is 0.500. The smallest absolute Gasteiger partial charge is 0.191 e. The molecule has 146 valence electrons. The second-order valence-corrected chi connectivity index (χ2v) is 6.53. The monoisotopic (exact) mass is 370 g/mol. The molecule has 1 aliphatic rings. The molecule has 1 aliphatic heterocycles. The summed E-state index contributed by atoms with van der Waals surface area (Å²) in [7, 11) is 0. The zero-order valence-corrected chi connectivity index (χ0v) is 16.1. The molecule has 1 aromatic heterocycles. The van der Waals surface area contributed by atoms with Crippen molar-refractivity contribution < 1.29 is 4.74 Å². The average molecular weight is 371 g/mol. The molecule has 3 rings (SSSR count). The number of hydrogen-bond donors (Lipinski definition) is 2. The minimum atomic E-state index is 0.548. The minimum Gasteiger partial charge on any atom is -0.379 e. The Hall–Kier alpha value is -2.38. The van der Waals surface area contributed by atoms with E-state index in [1.807, 2.05) is 18.5 Å². The van der Waals surface area contributed by atoms with Crippen LogP contribution < -0.4 is 10.6 Å². The van der Waals surface area contributed by atoms with Crippen LogP contribution in [0.4, 0.5) is 0 Å². The number of hydrogen-bond acceptors (Lipinski definition) is 4. The van der Waals surface area contributed by atoms with Gasteiger partial charge in [0.1, 0.15) is 12.4 Å². The van der Waals surface area contributed by atoms with E-state index < -0.39 is 0 Å². The summed E-state index contributed by atoms with van der Waals surface area (Å²) >= 11 is 0. The molecule has 2 aromatic rings. The first-order valence-electron chi connectivity index (χ1n) is 9.71. The lowest BCUT2D eigenvalue weighted by molar-refractivity contribution is 0.0389. The topological polar surface area (TPSA) is 66.7 Å². The predicted molar refractivity (Wildman–Crippen MR) is 108 cm³/mol. The van der Waals surface area contributed by atoms with Crippen molar-refractivity contribution in [2.24, 2.45) is 4.99 Å². The van der Waals surface area contributed by atoms with Crippen molar-refractivity contribution in [2.75, 3.05) is 45.9 Å². The van der Waals surface area contributed by atoms with E-state index in [9.17, 15) is 0 Å². The summed E-state index contributed by atoms with van der Waals surface area (Å²) in [5.41, 5.74) is 1.26. The maximum Gasteiger partial charge on any atom is 0.191 e. The van der Waals surface area contributed by atoms with Crippen LogP contribution in [-0.4, -0.2) is 66.3 Å². The Morgan fingerprint density at radius 1 is 1.19 bits per heavy atom. The third kappa shape index (κ3) is 6.37. The maximum atomic E-state index is 5.39. The van der Waals surface area contributed by atoms with Crippen molar-refractivity contribution in [1.29, 1.82) is 0 Å². The normalized spacial score (nSPS) is 15.7. The first-order chi connectivity index (χ1) is 13.3. The molecule has 1 aromatic carbocycles. The summed E-state index contributed by atoms with van der Waals surface area (Å²) in [6, 6.07) is 10.4. The average Bonchev–Trinajstić information content (AvgIpc) is 3.14. The summed E-state index contributed by atoms with van der Waals surface area (Å²) < 4.78 is 7.54. The van der Waals surface area contributed by atoms with Crippen LogP contribution in [0.5, 0.6) is 0 Å². The third-order valence-electron chi connectivity index (χ3n) is 4.54. The van der Waals surface area contributed by atoms with Gasteiger partial charge in [-0.3, -0.25) is 4.90 Å². The second-order valence-electron chi connectivity index (χ2n) is 6.53. The van der Waals surface area contributed by atoms with Gasteiger partial charge in [0, 0.05) is 51.7 Å². The van der Waals surface area contributed by atoms with E-state index in [2.05, 4.69) is 56.3 Å². The molecule has 0 unspecified atom stereocenters. The first-order valence-corrected chi connectivity index (χ1v) is 9.71. The fourth-order valence-corrected chi connectivity index (χ4v) is 3.06. The zero-order valence-electron chi connectivity index (χ0n) is 16.1. The molecule has 0 radical (unpaired) electrons. The number of benzene rings is 1. The number of nitrogens with zero attached hydrogens (tertiary/aromatic N) is 4. The molecule has 7 heteroatoms. The number of aromatic nitrogens is 2. The summed E-state index contributed by atoms with van der Waals surface area (Å²) in [5.74, 6) is 1.80. The van der Waals surface area contributed by atoms with Gasteiger partial charge >= 0.3 is 0 Å². The lowest BCUT2D eigenvalue weighted by Gasteiger charge is -2.26. The number of guanidine groups is 1. The standard InChI is InChI=1S/C20H30N6O/c1-2-21-20(23-8-10-25-12-14-27-15-13-25)24-16-19-22-9-11-26(19)17-18-6-4-3-5-7-18/h3-7,9,11H,2,8,10,12-17H2,1H3,(H2,21,23,24). The van der Waals surface area contributed by atoms with Gasteiger partial charge in [0.05, 0.1) is 13.2 Å². The summed E-state index contributed by atoms with van der Waals surface area (Å²) in [4.78, 5) is 11.6. The summed E-state index contributed by atoms with van der Waals surface area (Å²) in [6.07, 6.45) is 3.85. The lowest BCUT2D eigenvalue weighted by Crippen LogP contribution is -2.44. The molecule has 0 spiro atoms. The van der Waals surface area contributed by atoms with E-state index in [1.54, 1.807) is 0 Å². The first kappa shape index (κ1) is 19.4. The Morgan fingerprint density at radius 2 is 2.00 bits per heavy atom. The summed E-state index contributed by atoms with van der Waals surface area (Å²) in [5, 5.41) is 6.73. The number of aliphatic imine (C=N–C) groups is 1. The number of ether oxygens (including phenoxy) is 1. The van der Waals surface area contributed by atoms with E-state index in [0.29, 0.717) is 6.54 Å². The number of imidazole rings is 1.